The third-order valence-electron chi connectivity index (χ3n) is 5.00. The number of ether oxygens (including phenoxy) is 1. The third kappa shape index (κ3) is 6.94. The molecular formula is C22H30FIN4O. The Hall–Kier alpha value is -1.71. The molecule has 1 heterocycles. The van der Waals surface area contributed by atoms with E-state index < -0.39 is 0 Å². The number of aryl methyl sites for hydroxylation is 1. The molecule has 1 atom stereocenters. The van der Waals surface area contributed by atoms with Gasteiger partial charge in [0.25, 0.3) is 0 Å². The van der Waals surface area contributed by atoms with E-state index in [1.54, 1.807) is 19.2 Å². The minimum absolute atomic E-state index is 0. The number of benzene rings is 2. The Morgan fingerprint density at radius 2 is 1.90 bits per heavy atom. The average Bonchev–Trinajstić information content (AvgIpc) is 2.72. The molecule has 2 aromatic carbocycles. The predicted octanol–water partition coefficient (Wildman–Crippen LogP) is 3.49. The minimum atomic E-state index is -0.212. The molecule has 0 aliphatic carbocycles. The molecule has 1 aliphatic rings. The first-order valence-corrected chi connectivity index (χ1v) is 9.73. The molecule has 1 aliphatic heterocycles. The lowest BCUT2D eigenvalue weighted by atomic mass is 10.0. The lowest BCUT2D eigenvalue weighted by Crippen LogP contribution is -2.46. The van der Waals surface area contributed by atoms with E-state index in [9.17, 15) is 4.39 Å². The lowest BCUT2D eigenvalue weighted by molar-refractivity contribution is 0.0170. The third-order valence-corrected chi connectivity index (χ3v) is 5.00. The molecular weight excluding hydrogens is 482 g/mol. The summed E-state index contributed by atoms with van der Waals surface area (Å²) < 4.78 is 19.4. The number of aliphatic imine (C=N–C) groups is 1. The van der Waals surface area contributed by atoms with E-state index in [4.69, 9.17) is 4.74 Å². The molecule has 7 heteroatoms. The molecule has 0 radical (unpaired) electrons. The van der Waals surface area contributed by atoms with Gasteiger partial charge in [0.2, 0.25) is 0 Å². The zero-order valence-electron chi connectivity index (χ0n) is 17.0. The summed E-state index contributed by atoms with van der Waals surface area (Å²) in [6, 6.07) is 15.6. The normalized spacial score (nSPS) is 16.0. The number of hydrogen-bond donors (Lipinski definition) is 2. The predicted molar refractivity (Wildman–Crippen MR) is 126 cm³/mol. The molecule has 1 unspecified atom stereocenters. The summed E-state index contributed by atoms with van der Waals surface area (Å²) in [5, 5.41) is 6.61. The monoisotopic (exact) mass is 512 g/mol. The molecule has 158 valence electrons. The highest BCUT2D eigenvalue weighted by molar-refractivity contribution is 14.0. The molecule has 0 saturated carbocycles. The van der Waals surface area contributed by atoms with Gasteiger partial charge in [0.1, 0.15) is 5.82 Å². The van der Waals surface area contributed by atoms with Crippen LogP contribution in [0.5, 0.6) is 0 Å². The van der Waals surface area contributed by atoms with Crippen molar-refractivity contribution in [2.45, 2.75) is 19.5 Å². The van der Waals surface area contributed by atoms with Crippen molar-refractivity contribution in [3.05, 3.63) is 71.0 Å². The maximum absolute atomic E-state index is 13.8. The first-order valence-electron chi connectivity index (χ1n) is 9.73. The summed E-state index contributed by atoms with van der Waals surface area (Å²) in [6.45, 7) is 6.52. The Morgan fingerprint density at radius 1 is 1.14 bits per heavy atom. The van der Waals surface area contributed by atoms with Crippen LogP contribution in [0, 0.1) is 12.7 Å². The van der Waals surface area contributed by atoms with Crippen molar-refractivity contribution in [1.82, 2.24) is 15.5 Å². The molecule has 1 saturated heterocycles. The van der Waals surface area contributed by atoms with Crippen LogP contribution in [0.4, 0.5) is 4.39 Å². The van der Waals surface area contributed by atoms with Crippen LogP contribution >= 0.6 is 24.0 Å². The quantitative estimate of drug-likeness (QED) is 0.354. The second-order valence-corrected chi connectivity index (χ2v) is 6.98. The number of nitrogens with one attached hydrogen (secondary N) is 2. The van der Waals surface area contributed by atoms with Crippen molar-refractivity contribution in [2.75, 3.05) is 39.9 Å². The van der Waals surface area contributed by atoms with Gasteiger partial charge in [-0.25, -0.2) is 4.39 Å². The van der Waals surface area contributed by atoms with Crippen LogP contribution in [0.15, 0.2) is 53.5 Å². The van der Waals surface area contributed by atoms with E-state index in [0.29, 0.717) is 24.6 Å². The van der Waals surface area contributed by atoms with E-state index in [2.05, 4.69) is 51.7 Å². The zero-order valence-corrected chi connectivity index (χ0v) is 19.4. The van der Waals surface area contributed by atoms with Crippen LogP contribution in [0.3, 0.4) is 0 Å². The van der Waals surface area contributed by atoms with Crippen molar-refractivity contribution in [1.29, 1.82) is 0 Å². The number of hydrogen-bond acceptors (Lipinski definition) is 3. The average molecular weight is 512 g/mol. The largest absolute Gasteiger partial charge is 0.379 e. The van der Waals surface area contributed by atoms with Crippen molar-refractivity contribution >= 4 is 29.9 Å². The van der Waals surface area contributed by atoms with Gasteiger partial charge in [-0.3, -0.25) is 9.89 Å². The molecule has 0 amide bonds. The van der Waals surface area contributed by atoms with Gasteiger partial charge in [-0.15, -0.1) is 24.0 Å². The lowest BCUT2D eigenvalue weighted by Gasteiger charge is -2.35. The summed E-state index contributed by atoms with van der Waals surface area (Å²) in [5.41, 5.74) is 3.14. The van der Waals surface area contributed by atoms with Crippen molar-refractivity contribution < 1.29 is 9.13 Å². The first-order chi connectivity index (χ1) is 13.7. The number of rotatable bonds is 6. The molecule has 1 fully saturated rings. The van der Waals surface area contributed by atoms with Gasteiger partial charge in [-0.1, -0.05) is 48.0 Å². The van der Waals surface area contributed by atoms with Gasteiger partial charge in [0, 0.05) is 38.8 Å². The summed E-state index contributed by atoms with van der Waals surface area (Å²) in [4.78, 5) is 6.73. The van der Waals surface area contributed by atoms with E-state index in [-0.39, 0.29) is 35.8 Å². The van der Waals surface area contributed by atoms with Crippen LogP contribution in [0.2, 0.25) is 0 Å². The number of nitrogens with zero attached hydrogens (tertiary/aromatic N) is 2. The molecule has 3 rings (SSSR count). The fourth-order valence-electron chi connectivity index (χ4n) is 3.46. The zero-order chi connectivity index (χ0) is 19.8. The second-order valence-electron chi connectivity index (χ2n) is 6.98. The first kappa shape index (κ1) is 23.6. The Kier molecular flexibility index (Phi) is 9.83. The fraction of sp³-hybridized carbons (Fsp3) is 0.409. The van der Waals surface area contributed by atoms with Gasteiger partial charge in [-0.2, -0.15) is 0 Å². The summed E-state index contributed by atoms with van der Waals surface area (Å²) in [5.74, 6) is 0.450. The highest BCUT2D eigenvalue weighted by Gasteiger charge is 2.23. The highest BCUT2D eigenvalue weighted by atomic mass is 127. The molecule has 0 spiro atoms. The van der Waals surface area contributed by atoms with Crippen LogP contribution in [0.1, 0.15) is 22.7 Å². The topological polar surface area (TPSA) is 48.9 Å². The maximum Gasteiger partial charge on any atom is 0.191 e. The SMILES string of the molecule is CN=C(NCc1ccccc1F)NCC(c1cccc(C)c1)N1CCOCC1.I. The van der Waals surface area contributed by atoms with E-state index in [0.717, 1.165) is 26.3 Å². The van der Waals surface area contributed by atoms with Gasteiger partial charge >= 0.3 is 0 Å². The van der Waals surface area contributed by atoms with Crippen molar-refractivity contribution in [3.8, 4) is 0 Å². The highest BCUT2D eigenvalue weighted by Crippen LogP contribution is 2.22. The second kappa shape index (κ2) is 12.1. The smallest absolute Gasteiger partial charge is 0.191 e. The van der Waals surface area contributed by atoms with Crippen molar-refractivity contribution in [3.63, 3.8) is 0 Å². The van der Waals surface area contributed by atoms with Crippen LogP contribution < -0.4 is 10.6 Å². The van der Waals surface area contributed by atoms with Crippen molar-refractivity contribution in [2.24, 2.45) is 4.99 Å². The Bertz CT molecular complexity index is 796. The van der Waals surface area contributed by atoms with E-state index in [1.807, 2.05) is 6.07 Å². The summed E-state index contributed by atoms with van der Waals surface area (Å²) in [7, 11) is 1.73. The molecule has 0 aromatic heterocycles. The van der Waals surface area contributed by atoms with Gasteiger partial charge < -0.3 is 15.4 Å². The molecule has 5 nitrogen and oxygen atoms in total. The maximum atomic E-state index is 13.8. The number of guanidine groups is 1. The van der Waals surface area contributed by atoms with E-state index >= 15 is 0 Å². The van der Waals surface area contributed by atoms with Crippen LogP contribution in [-0.4, -0.2) is 50.8 Å². The van der Waals surface area contributed by atoms with Crippen LogP contribution in [0.25, 0.3) is 0 Å². The standard InChI is InChI=1S/C22H29FN4O.HI/c1-17-6-5-8-18(14-17)21(27-10-12-28-13-11-27)16-26-22(24-2)25-15-19-7-3-4-9-20(19)23;/h3-9,14,21H,10-13,15-16H2,1-2H3,(H2,24,25,26);1H. The number of morpholine rings is 1. The Balaban J connectivity index is 0.00000300. The number of halogens is 2. The van der Waals surface area contributed by atoms with E-state index in [1.165, 1.54) is 17.2 Å². The minimum Gasteiger partial charge on any atom is -0.379 e. The molecule has 2 aromatic rings. The Morgan fingerprint density at radius 3 is 2.59 bits per heavy atom. The van der Waals surface area contributed by atoms with Gasteiger partial charge in [0.05, 0.1) is 19.3 Å². The summed E-state index contributed by atoms with van der Waals surface area (Å²) >= 11 is 0. The Labute approximate surface area is 189 Å². The van der Waals surface area contributed by atoms with Gasteiger partial charge in [-0.05, 0) is 18.6 Å². The molecule has 29 heavy (non-hydrogen) atoms. The van der Waals surface area contributed by atoms with Gasteiger partial charge in [0.15, 0.2) is 5.96 Å². The molecule has 2 N–H and O–H groups in total. The molecule has 0 bridgehead atoms. The van der Waals surface area contributed by atoms with Crippen LogP contribution in [-0.2, 0) is 11.3 Å². The summed E-state index contributed by atoms with van der Waals surface area (Å²) in [6.07, 6.45) is 0. The fourth-order valence-corrected chi connectivity index (χ4v) is 3.46.